The maximum atomic E-state index is 13.7. The molecule has 1 heterocycles. The molecule has 0 bridgehead atoms. The van der Waals surface area contributed by atoms with E-state index < -0.39 is 120 Å². The minimum atomic E-state index is -3.78. The zero-order valence-electron chi connectivity index (χ0n) is 55.0. The molecule has 1 aliphatic heterocycles. The summed E-state index contributed by atoms with van der Waals surface area (Å²) in [6, 6.07) is 24.2. The van der Waals surface area contributed by atoms with Crippen LogP contribution in [0.3, 0.4) is 0 Å². The fourth-order valence-electron chi connectivity index (χ4n) is 18.4. The summed E-state index contributed by atoms with van der Waals surface area (Å²) in [6.45, 7) is 11.6. The van der Waals surface area contributed by atoms with E-state index in [0.29, 0.717) is 29.1 Å². The highest BCUT2D eigenvalue weighted by Gasteiger charge is 2.76. The second kappa shape index (κ2) is 25.4. The van der Waals surface area contributed by atoms with E-state index >= 15 is 0 Å². The number of sulfone groups is 2. The van der Waals surface area contributed by atoms with Crippen LogP contribution in [0.15, 0.2) is 164 Å². The second-order valence-electron chi connectivity index (χ2n) is 29.1. The van der Waals surface area contributed by atoms with Gasteiger partial charge < -0.3 is 55.3 Å². The van der Waals surface area contributed by atoms with Gasteiger partial charge in [-0.1, -0.05) is 63.1 Å². The number of allylic oxidation sites excluding steroid dienone is 8. The molecule has 96 heavy (non-hydrogen) atoms. The number of benzene rings is 4. The first-order valence-corrected chi connectivity index (χ1v) is 35.5. The molecule has 17 atom stereocenters. The van der Waals surface area contributed by atoms with Crippen molar-refractivity contribution in [2.75, 3.05) is 31.4 Å². The van der Waals surface area contributed by atoms with Gasteiger partial charge in [-0.15, -0.1) is 0 Å². The van der Waals surface area contributed by atoms with Crippen molar-refractivity contribution in [2.24, 2.45) is 57.2 Å². The van der Waals surface area contributed by atoms with Gasteiger partial charge in [0, 0.05) is 50.4 Å². The van der Waals surface area contributed by atoms with E-state index in [0.717, 1.165) is 36.8 Å². The Labute approximate surface area is 559 Å². The Balaban J connectivity index is 0.000000156. The van der Waals surface area contributed by atoms with E-state index in [2.05, 4.69) is 12.2 Å². The number of rotatable bonds is 11. The highest BCUT2D eigenvalue weighted by molar-refractivity contribution is 7.91. The van der Waals surface area contributed by atoms with Crippen molar-refractivity contribution >= 4 is 60.3 Å². The van der Waals surface area contributed by atoms with Gasteiger partial charge in [0.2, 0.25) is 19.7 Å². The molecule has 0 spiro atoms. The lowest BCUT2D eigenvalue weighted by molar-refractivity contribution is -0.201. The summed E-state index contributed by atoms with van der Waals surface area (Å²) in [6.07, 6.45) is 9.54. The van der Waals surface area contributed by atoms with Gasteiger partial charge in [0.05, 0.1) is 51.1 Å². The van der Waals surface area contributed by atoms with Gasteiger partial charge in [-0.25, -0.2) is 21.6 Å². The number of nitrogens with one attached hydrogen (secondary N) is 1. The van der Waals surface area contributed by atoms with Crippen molar-refractivity contribution in [3.05, 3.63) is 150 Å². The van der Waals surface area contributed by atoms with E-state index in [1.807, 2.05) is 26.0 Å². The van der Waals surface area contributed by atoms with Gasteiger partial charge in [-0.3, -0.25) is 24.5 Å². The molecule has 23 heteroatoms. The monoisotopic (exact) mass is 1360 g/mol. The van der Waals surface area contributed by atoms with Crippen LogP contribution in [-0.2, 0) is 53.1 Å². The number of amides is 1. The van der Waals surface area contributed by atoms with E-state index in [1.54, 1.807) is 76.3 Å². The molecule has 1 amide bonds. The molecule has 4 aromatic rings. The van der Waals surface area contributed by atoms with Crippen molar-refractivity contribution in [1.82, 2.24) is 0 Å². The Kier molecular flexibility index (Phi) is 18.6. The van der Waals surface area contributed by atoms with Crippen molar-refractivity contribution in [3.63, 3.8) is 0 Å². The molecule has 1 saturated heterocycles. The zero-order chi connectivity index (χ0) is 69.7. The molecule has 0 unspecified atom stereocenters. The number of nitrogen functional groups attached to an aromatic ring is 1. The number of hydrogen-bond acceptors (Lipinski definition) is 20. The van der Waals surface area contributed by atoms with Crippen molar-refractivity contribution in [2.45, 2.75) is 167 Å². The summed E-state index contributed by atoms with van der Waals surface area (Å²) in [5.74, 6) is -1.11. The normalized spacial score (nSPS) is 35.4. The van der Waals surface area contributed by atoms with Crippen LogP contribution < -0.4 is 15.8 Å². The summed E-state index contributed by atoms with van der Waals surface area (Å²) in [4.78, 5) is 62.4. The second-order valence-corrected chi connectivity index (χ2v) is 33.0. The first kappa shape index (κ1) is 70.3. The lowest BCUT2D eigenvalue weighted by Crippen LogP contribution is -2.63. The fourth-order valence-corrected chi connectivity index (χ4v) is 20.9. The number of aliphatic hydroxyl groups is 6. The number of carbonyl (C=O) groups excluding carboxylic acids is 5. The van der Waals surface area contributed by atoms with Crippen LogP contribution in [0.4, 0.5) is 16.2 Å². The van der Waals surface area contributed by atoms with Gasteiger partial charge in [-0.2, -0.15) is 0 Å². The number of ether oxygens (including phenoxy) is 4. The van der Waals surface area contributed by atoms with Gasteiger partial charge in [0.15, 0.2) is 40.6 Å². The maximum Gasteiger partial charge on any atom is 0.412 e. The first-order valence-electron chi connectivity index (χ1n) is 32.5. The Morgan fingerprint density at radius 3 is 1.56 bits per heavy atom. The molecule has 9 aliphatic rings. The molecule has 6 saturated carbocycles. The van der Waals surface area contributed by atoms with Crippen molar-refractivity contribution in [1.29, 1.82) is 0 Å². The third-order valence-electron chi connectivity index (χ3n) is 22.9. The number of hydrogen-bond donors (Lipinski definition) is 8. The van der Waals surface area contributed by atoms with Crippen LogP contribution in [0.2, 0.25) is 0 Å². The van der Waals surface area contributed by atoms with Crippen LogP contribution in [0, 0.1) is 57.2 Å². The molecule has 4 aromatic carbocycles. The van der Waals surface area contributed by atoms with Crippen LogP contribution in [0.5, 0.6) is 5.75 Å². The Morgan fingerprint density at radius 2 is 1.09 bits per heavy atom. The molecular formula is C73H86N2O19S2. The minimum absolute atomic E-state index is 0.00826. The zero-order valence-corrected chi connectivity index (χ0v) is 56.6. The summed E-state index contributed by atoms with van der Waals surface area (Å²) in [5, 5.41) is 66.9. The number of nitrogens with two attached hydrogens (primary N) is 1. The number of anilines is 2. The Bertz CT molecular complexity index is 4090. The highest BCUT2D eigenvalue weighted by atomic mass is 32.2. The lowest BCUT2D eigenvalue weighted by Gasteiger charge is -2.59. The molecule has 0 aromatic heterocycles. The molecule has 9 N–H and O–H groups in total. The Hall–Kier alpha value is -7.03. The number of methoxy groups -OCH3 is 1. The third kappa shape index (κ3) is 11.6. The topological polar surface area (TPSA) is 350 Å². The van der Waals surface area contributed by atoms with E-state index in [1.165, 1.54) is 79.9 Å². The maximum absolute atomic E-state index is 13.7. The predicted octanol–water partition coefficient (Wildman–Crippen LogP) is 8.11. The fraction of sp³-hybridized carbons (Fsp3) is 0.493. The third-order valence-corrected chi connectivity index (χ3v) is 26.5. The quantitative estimate of drug-likeness (QED) is 0.0657. The first-order chi connectivity index (χ1) is 45.1. The number of aliphatic hydroxyl groups excluding tert-OH is 5. The molecular weight excluding hydrogens is 1270 g/mol. The summed E-state index contributed by atoms with van der Waals surface area (Å²) in [7, 11) is -5.90. The molecule has 8 aliphatic carbocycles. The van der Waals surface area contributed by atoms with E-state index in [4.69, 9.17) is 24.7 Å². The summed E-state index contributed by atoms with van der Waals surface area (Å²) < 4.78 is 74.8. The average molecular weight is 1360 g/mol. The number of carbonyl (C=O) groups is 5. The van der Waals surface area contributed by atoms with Gasteiger partial charge in [0.25, 0.3) is 0 Å². The van der Waals surface area contributed by atoms with Gasteiger partial charge in [0.1, 0.15) is 24.6 Å². The summed E-state index contributed by atoms with van der Waals surface area (Å²) in [5.41, 5.74) is 2.39. The van der Waals surface area contributed by atoms with Gasteiger partial charge in [-0.05, 0) is 205 Å². The SMILES string of the molecule is COc1ccc(S(=O)(=O)c2ccc(NC(=O)OC(C)(C)C)cc2)cc1.C[C@]12C=CC(=O)C=C1CC[C@@H]1[C@@H]2[C@@H](O)C[C@@]2(C)[C@H]1C[C@@H](O)[C@]2(O)C(=O)CO.C[C@]12C=CC(=O)C=C1CC[C@@H]1[C@@H]2[C@@H](O)C[C@@]2(C)[C@H]1C[C@H]1O[C@@H](c3ccc(S(=O)(=O)c4ccc(N)cc4)cc3)O[C@]12C(=O)CO. The van der Waals surface area contributed by atoms with Gasteiger partial charge >= 0.3 is 6.09 Å². The molecule has 7 fully saturated rings. The number of fused-ring (bicyclic) bond motifs is 12. The molecule has 21 nitrogen and oxygen atoms in total. The summed E-state index contributed by atoms with van der Waals surface area (Å²) >= 11 is 0. The van der Waals surface area contributed by atoms with Crippen LogP contribution in [0.25, 0.3) is 0 Å². The lowest BCUT2D eigenvalue weighted by atomic mass is 9.46. The minimum Gasteiger partial charge on any atom is -0.497 e. The molecule has 514 valence electrons. The standard InChI is InChI=1S/C34H37NO8S.C21H28O6.C18H21NO5S/c1-32-14-13-22(37)15-20(32)5-12-25-26-16-29-34(28(39)18-36,33(26,2)17-27(38)30(25)32)43-31(42-29)19-3-8-23(9-4-19)44(40,41)24-10-6-21(35)7-11-24;1-19-6-5-12(23)7-11(19)3-4-13-14-8-16(25)21(27,17(26)10-22)20(14,2)9-15(24)18(13)19;1-18(2,3)24-17(20)19-13-5-9-15(10-6-13)25(21,22)16-11-7-14(23-4)8-12-16/h3-4,6-11,13-15,25-27,29-31,36,38H,5,12,16-18,35H2,1-2H3;5-7,13-16,18,22,24-25,27H,3-4,8-10H2,1-2H3;5-12H,1-4H3,(H,19,20)/t25-,26-,27-,29+,30+,31+,32-,33-,34+;13-,14-,15-,16+,18+,19-,20-,21-;/m00./s1. The van der Waals surface area contributed by atoms with E-state index in [9.17, 15) is 71.4 Å². The Morgan fingerprint density at radius 1 is 0.646 bits per heavy atom. The van der Waals surface area contributed by atoms with Crippen LogP contribution in [-0.4, -0.2) is 138 Å². The molecule has 0 radical (unpaired) electrons. The highest BCUT2D eigenvalue weighted by Crippen LogP contribution is 2.71. The van der Waals surface area contributed by atoms with Crippen LogP contribution >= 0.6 is 0 Å². The number of Topliss-reactive ketones (excluding diaryl/α,β-unsaturated/α-hetero) is 2. The predicted molar refractivity (Wildman–Crippen MR) is 351 cm³/mol. The largest absolute Gasteiger partial charge is 0.497 e. The van der Waals surface area contributed by atoms with E-state index in [-0.39, 0.29) is 85.9 Å². The molecule has 13 rings (SSSR count). The van der Waals surface area contributed by atoms with Crippen molar-refractivity contribution < 1.29 is 90.4 Å². The smallest absolute Gasteiger partial charge is 0.412 e. The average Bonchev–Trinajstić information content (AvgIpc) is 1.48. The van der Waals surface area contributed by atoms with Crippen molar-refractivity contribution in [3.8, 4) is 5.75 Å². The number of ketones is 4. The van der Waals surface area contributed by atoms with Crippen LogP contribution in [0.1, 0.15) is 112 Å².